The van der Waals surface area contributed by atoms with Crippen molar-refractivity contribution in [1.29, 1.82) is 0 Å². The van der Waals surface area contributed by atoms with Crippen molar-refractivity contribution in [3.05, 3.63) is 54.5 Å². The third-order valence-electron chi connectivity index (χ3n) is 2.38. The highest BCUT2D eigenvalue weighted by molar-refractivity contribution is 5.30. The van der Waals surface area contributed by atoms with Gasteiger partial charge >= 0.3 is 0 Å². The van der Waals surface area contributed by atoms with Gasteiger partial charge in [0.05, 0.1) is 12.4 Å². The smallest absolute Gasteiger partial charge is 0.145 e. The molecule has 1 aromatic carbocycles. The van der Waals surface area contributed by atoms with Crippen molar-refractivity contribution in [2.45, 2.75) is 19.6 Å². The third-order valence-corrected chi connectivity index (χ3v) is 2.38. The summed E-state index contributed by atoms with van der Waals surface area (Å²) in [7, 11) is 0. The van der Waals surface area contributed by atoms with E-state index in [1.807, 2.05) is 18.2 Å². The molecule has 1 unspecified atom stereocenters. The molecule has 1 atom stereocenters. The van der Waals surface area contributed by atoms with E-state index in [0.29, 0.717) is 0 Å². The number of nitrogens with zero attached hydrogens (tertiary/aromatic N) is 2. The number of hydrogen-bond donors (Lipinski definition) is 2. The van der Waals surface area contributed by atoms with Crippen LogP contribution in [0.15, 0.2) is 48.9 Å². The van der Waals surface area contributed by atoms with E-state index in [4.69, 9.17) is 0 Å². The average Bonchev–Trinajstić information content (AvgIpc) is 2.39. The van der Waals surface area contributed by atoms with Crippen molar-refractivity contribution in [3.8, 4) is 0 Å². The van der Waals surface area contributed by atoms with Crippen LogP contribution in [0.5, 0.6) is 0 Å². The summed E-state index contributed by atoms with van der Waals surface area (Å²) in [5.41, 5.74) is 1.26. The molecule has 0 fully saturated rings. The van der Waals surface area contributed by atoms with Crippen LogP contribution in [0.2, 0.25) is 0 Å². The Labute approximate surface area is 101 Å². The summed E-state index contributed by atoms with van der Waals surface area (Å²) in [4.78, 5) is 8.16. The minimum Gasteiger partial charge on any atom is -0.354 e. The molecular formula is C13H16N4. The number of hydrogen-bond acceptors (Lipinski definition) is 4. The molecule has 4 nitrogen and oxygen atoms in total. The Bertz CT molecular complexity index is 430. The summed E-state index contributed by atoms with van der Waals surface area (Å²) < 4.78 is 0. The summed E-state index contributed by atoms with van der Waals surface area (Å²) in [6.45, 7) is 2.88. The minimum atomic E-state index is 0.145. The number of anilines is 1. The Balaban J connectivity index is 1.80. The molecule has 17 heavy (non-hydrogen) atoms. The molecular weight excluding hydrogens is 212 g/mol. The lowest BCUT2D eigenvalue weighted by atomic mass is 10.2. The van der Waals surface area contributed by atoms with Gasteiger partial charge in [0.15, 0.2) is 0 Å². The van der Waals surface area contributed by atoms with Crippen molar-refractivity contribution in [2.24, 2.45) is 0 Å². The summed E-state index contributed by atoms with van der Waals surface area (Å²) in [6, 6.07) is 10.3. The van der Waals surface area contributed by atoms with E-state index < -0.39 is 0 Å². The van der Waals surface area contributed by atoms with Crippen molar-refractivity contribution < 1.29 is 0 Å². The largest absolute Gasteiger partial charge is 0.354 e. The SMILES string of the molecule is CC(NCc1ccccc1)Nc1cnccn1. The molecule has 0 saturated heterocycles. The molecule has 1 heterocycles. The molecule has 0 amide bonds. The van der Waals surface area contributed by atoms with Gasteiger partial charge in [0, 0.05) is 18.9 Å². The minimum absolute atomic E-state index is 0.145. The van der Waals surface area contributed by atoms with E-state index >= 15 is 0 Å². The van der Waals surface area contributed by atoms with Gasteiger partial charge in [-0.2, -0.15) is 0 Å². The van der Waals surface area contributed by atoms with Gasteiger partial charge in [-0.05, 0) is 12.5 Å². The van der Waals surface area contributed by atoms with Gasteiger partial charge in [0.2, 0.25) is 0 Å². The van der Waals surface area contributed by atoms with E-state index in [-0.39, 0.29) is 6.17 Å². The standard InChI is InChI=1S/C13H16N4/c1-11(17-13-10-14-7-8-15-13)16-9-12-5-3-2-4-6-12/h2-8,10-11,16H,9H2,1H3,(H,15,17). The van der Waals surface area contributed by atoms with Crippen LogP contribution in [0.3, 0.4) is 0 Å². The second-order valence-corrected chi connectivity index (χ2v) is 3.82. The van der Waals surface area contributed by atoms with Gasteiger partial charge in [0.25, 0.3) is 0 Å². The Hall–Kier alpha value is -1.94. The van der Waals surface area contributed by atoms with Gasteiger partial charge in [-0.1, -0.05) is 30.3 Å². The fourth-order valence-electron chi connectivity index (χ4n) is 1.51. The fraction of sp³-hybridized carbons (Fsp3) is 0.231. The van der Waals surface area contributed by atoms with Gasteiger partial charge in [-0.25, -0.2) is 4.98 Å². The lowest BCUT2D eigenvalue weighted by Gasteiger charge is -2.15. The Morgan fingerprint density at radius 3 is 2.71 bits per heavy atom. The molecule has 0 saturated carbocycles. The van der Waals surface area contributed by atoms with Crippen molar-refractivity contribution in [2.75, 3.05) is 5.32 Å². The topological polar surface area (TPSA) is 49.8 Å². The number of aromatic nitrogens is 2. The average molecular weight is 228 g/mol. The van der Waals surface area contributed by atoms with Crippen LogP contribution in [0, 0.1) is 0 Å². The molecule has 1 aromatic heterocycles. The van der Waals surface area contributed by atoms with Crippen LogP contribution >= 0.6 is 0 Å². The highest BCUT2D eigenvalue weighted by Crippen LogP contribution is 2.01. The number of rotatable bonds is 5. The zero-order valence-corrected chi connectivity index (χ0v) is 9.80. The monoisotopic (exact) mass is 228 g/mol. The van der Waals surface area contributed by atoms with Crippen molar-refractivity contribution in [3.63, 3.8) is 0 Å². The maximum Gasteiger partial charge on any atom is 0.145 e. The number of benzene rings is 1. The highest BCUT2D eigenvalue weighted by atomic mass is 15.1. The normalized spacial score (nSPS) is 12.1. The predicted molar refractivity (Wildman–Crippen MR) is 68.4 cm³/mol. The maximum absolute atomic E-state index is 4.16. The maximum atomic E-state index is 4.16. The first-order valence-corrected chi connectivity index (χ1v) is 5.64. The van der Waals surface area contributed by atoms with Gasteiger partial charge in [-0.3, -0.25) is 10.3 Å². The molecule has 0 aliphatic rings. The van der Waals surface area contributed by atoms with Crippen LogP contribution in [0.25, 0.3) is 0 Å². The molecule has 0 bridgehead atoms. The van der Waals surface area contributed by atoms with Crippen molar-refractivity contribution in [1.82, 2.24) is 15.3 Å². The Morgan fingerprint density at radius 1 is 1.18 bits per heavy atom. The van der Waals surface area contributed by atoms with Gasteiger partial charge < -0.3 is 5.32 Å². The van der Waals surface area contributed by atoms with Crippen LogP contribution in [-0.4, -0.2) is 16.1 Å². The summed E-state index contributed by atoms with van der Waals surface area (Å²) >= 11 is 0. The zero-order chi connectivity index (χ0) is 11.9. The first-order valence-electron chi connectivity index (χ1n) is 5.64. The molecule has 0 spiro atoms. The van der Waals surface area contributed by atoms with Gasteiger partial charge in [-0.15, -0.1) is 0 Å². The van der Waals surface area contributed by atoms with E-state index in [0.717, 1.165) is 12.4 Å². The molecule has 2 N–H and O–H groups in total. The predicted octanol–water partition coefficient (Wildman–Crippen LogP) is 2.02. The lowest BCUT2D eigenvalue weighted by molar-refractivity contribution is 0.598. The quantitative estimate of drug-likeness (QED) is 0.769. The van der Waals surface area contributed by atoms with Crippen LogP contribution in [0.4, 0.5) is 5.82 Å². The summed E-state index contributed by atoms with van der Waals surface area (Å²) in [5.74, 6) is 0.778. The number of nitrogens with one attached hydrogen (secondary N) is 2. The van der Waals surface area contributed by atoms with E-state index in [9.17, 15) is 0 Å². The zero-order valence-electron chi connectivity index (χ0n) is 9.80. The third kappa shape index (κ3) is 3.85. The van der Waals surface area contributed by atoms with Crippen molar-refractivity contribution >= 4 is 5.82 Å². The van der Waals surface area contributed by atoms with Crippen LogP contribution < -0.4 is 10.6 Å². The molecule has 0 aliphatic carbocycles. The lowest BCUT2D eigenvalue weighted by Crippen LogP contribution is -2.33. The molecule has 88 valence electrons. The molecule has 2 rings (SSSR count). The summed E-state index contributed by atoms with van der Waals surface area (Å²) in [6.07, 6.45) is 5.19. The first kappa shape index (κ1) is 11.5. The van der Waals surface area contributed by atoms with E-state index in [1.54, 1.807) is 18.6 Å². The van der Waals surface area contributed by atoms with E-state index in [1.165, 1.54) is 5.56 Å². The molecule has 2 aromatic rings. The highest BCUT2D eigenvalue weighted by Gasteiger charge is 2.01. The second-order valence-electron chi connectivity index (χ2n) is 3.82. The summed E-state index contributed by atoms with van der Waals surface area (Å²) in [5, 5.41) is 6.60. The molecule has 4 heteroatoms. The second kappa shape index (κ2) is 5.96. The fourth-order valence-corrected chi connectivity index (χ4v) is 1.51. The Kier molecular flexibility index (Phi) is 4.05. The van der Waals surface area contributed by atoms with E-state index in [2.05, 4.69) is 39.7 Å². The van der Waals surface area contributed by atoms with Gasteiger partial charge in [0.1, 0.15) is 5.82 Å². The van der Waals surface area contributed by atoms with Crippen LogP contribution in [0.1, 0.15) is 12.5 Å². The Morgan fingerprint density at radius 2 is 2.00 bits per heavy atom. The van der Waals surface area contributed by atoms with Crippen LogP contribution in [-0.2, 0) is 6.54 Å². The molecule has 0 radical (unpaired) electrons. The molecule has 0 aliphatic heterocycles. The first-order chi connectivity index (χ1) is 8.34.